The van der Waals surface area contributed by atoms with Gasteiger partial charge in [-0.1, -0.05) is 0 Å². The predicted molar refractivity (Wildman–Crippen MR) is 89.8 cm³/mol. The monoisotopic (exact) mass is 349 g/mol. The first-order valence-electron chi connectivity index (χ1n) is 8.74. The van der Waals surface area contributed by atoms with Crippen LogP contribution in [-0.2, 0) is 16.6 Å². The molecule has 1 aliphatic carbocycles. The van der Waals surface area contributed by atoms with Crippen LogP contribution in [0.4, 0.5) is 0 Å². The molecule has 0 bridgehead atoms. The number of aromatic amines is 1. The number of nitrogens with one attached hydrogen (secondary N) is 1. The van der Waals surface area contributed by atoms with Gasteiger partial charge in [-0.05, 0) is 37.9 Å². The Morgan fingerprint density at radius 2 is 2.08 bits per heavy atom. The van der Waals surface area contributed by atoms with E-state index in [-0.39, 0.29) is 23.7 Å². The van der Waals surface area contributed by atoms with E-state index in [2.05, 4.69) is 10.2 Å². The average molecular weight is 349 g/mol. The Morgan fingerprint density at radius 1 is 1.29 bits per heavy atom. The molecule has 3 heterocycles. The van der Waals surface area contributed by atoms with E-state index in [0.29, 0.717) is 30.3 Å². The van der Waals surface area contributed by atoms with Gasteiger partial charge in [0.05, 0.1) is 5.92 Å². The fraction of sp³-hybridized carbons (Fsp3) is 0.750. The summed E-state index contributed by atoms with van der Waals surface area (Å²) in [4.78, 5) is 28.9. The first-order valence-corrected chi connectivity index (χ1v) is 9.15. The zero-order valence-electron chi connectivity index (χ0n) is 13.9. The number of nitrogens with zero attached hydrogens (tertiary/aromatic N) is 4. The molecule has 3 fully saturated rings. The van der Waals surface area contributed by atoms with Crippen molar-refractivity contribution in [2.45, 2.75) is 44.1 Å². The minimum Gasteiger partial charge on any atom is -0.342 e. The summed E-state index contributed by atoms with van der Waals surface area (Å²) in [5.41, 5.74) is 0. The Labute approximate surface area is 146 Å². The molecule has 1 aromatic heterocycles. The minimum absolute atomic E-state index is 0.132. The quantitative estimate of drug-likeness (QED) is 0.832. The summed E-state index contributed by atoms with van der Waals surface area (Å²) < 4.78 is 2.50. The molecule has 1 N–H and O–H groups in total. The third kappa shape index (κ3) is 2.76. The normalized spacial score (nSPS) is 27.8. The second-order valence-electron chi connectivity index (χ2n) is 7.25. The molecular formula is C16H23N5O2S. The summed E-state index contributed by atoms with van der Waals surface area (Å²) in [6.07, 6.45) is 4.54. The van der Waals surface area contributed by atoms with Gasteiger partial charge in [0.2, 0.25) is 11.8 Å². The highest BCUT2D eigenvalue weighted by Gasteiger charge is 2.43. The number of H-pyrrole nitrogens is 1. The van der Waals surface area contributed by atoms with E-state index in [4.69, 9.17) is 12.2 Å². The molecule has 0 radical (unpaired) electrons. The fourth-order valence-electron chi connectivity index (χ4n) is 4.01. The number of carbonyl (C=O) groups is 2. The Hall–Kier alpha value is -1.70. The maximum Gasteiger partial charge on any atom is 0.228 e. The van der Waals surface area contributed by atoms with Crippen molar-refractivity contribution in [3.05, 3.63) is 10.6 Å². The smallest absolute Gasteiger partial charge is 0.228 e. The predicted octanol–water partition coefficient (Wildman–Crippen LogP) is 1.19. The van der Waals surface area contributed by atoms with E-state index in [9.17, 15) is 9.59 Å². The van der Waals surface area contributed by atoms with Crippen LogP contribution in [0, 0.1) is 10.7 Å². The molecule has 2 aliphatic heterocycles. The van der Waals surface area contributed by atoms with Crippen molar-refractivity contribution in [1.29, 1.82) is 0 Å². The SMILES string of the molecule is Cn1c([C@@H]2CCCN(C(=O)[C@@H]3CC(=O)N(C4CC4)C3)C2)n[nH]c1=S. The molecule has 130 valence electrons. The zero-order valence-corrected chi connectivity index (χ0v) is 14.7. The highest BCUT2D eigenvalue weighted by molar-refractivity contribution is 7.71. The van der Waals surface area contributed by atoms with Gasteiger partial charge in [-0.15, -0.1) is 0 Å². The van der Waals surface area contributed by atoms with Crippen LogP contribution < -0.4 is 0 Å². The van der Waals surface area contributed by atoms with Crippen molar-refractivity contribution >= 4 is 24.0 Å². The van der Waals surface area contributed by atoms with Crippen molar-refractivity contribution in [3.63, 3.8) is 0 Å². The number of hydrogen-bond donors (Lipinski definition) is 1. The van der Waals surface area contributed by atoms with E-state index < -0.39 is 0 Å². The molecule has 2 amide bonds. The molecule has 24 heavy (non-hydrogen) atoms. The van der Waals surface area contributed by atoms with Gasteiger partial charge in [0.25, 0.3) is 0 Å². The van der Waals surface area contributed by atoms with Crippen LogP contribution in [0.3, 0.4) is 0 Å². The van der Waals surface area contributed by atoms with Crippen molar-refractivity contribution in [2.24, 2.45) is 13.0 Å². The molecule has 0 unspecified atom stereocenters. The van der Waals surface area contributed by atoms with Crippen LogP contribution in [-0.4, -0.2) is 62.1 Å². The standard InChI is InChI=1S/C16H23N5O2S/c1-19-14(17-18-16(19)24)10-3-2-6-20(8-10)15(23)11-7-13(22)21(9-11)12-4-5-12/h10-12H,2-9H2,1H3,(H,18,24)/t10-,11-/m1/s1. The Bertz CT molecular complexity index is 722. The molecule has 4 rings (SSSR count). The maximum absolute atomic E-state index is 12.9. The van der Waals surface area contributed by atoms with Gasteiger partial charge in [0.15, 0.2) is 4.77 Å². The van der Waals surface area contributed by atoms with Crippen LogP contribution in [0.1, 0.15) is 43.8 Å². The number of carbonyl (C=O) groups excluding carboxylic acids is 2. The van der Waals surface area contributed by atoms with E-state index in [1.165, 1.54) is 0 Å². The second-order valence-corrected chi connectivity index (χ2v) is 7.63. The summed E-state index contributed by atoms with van der Waals surface area (Å²) in [6.45, 7) is 2.05. The van der Waals surface area contributed by atoms with E-state index in [1.807, 2.05) is 21.4 Å². The van der Waals surface area contributed by atoms with Gasteiger partial charge in [-0.25, -0.2) is 0 Å². The van der Waals surface area contributed by atoms with Gasteiger partial charge < -0.3 is 14.4 Å². The molecule has 0 aromatic carbocycles. The Morgan fingerprint density at radius 3 is 2.75 bits per heavy atom. The second kappa shape index (κ2) is 5.98. The number of amides is 2. The van der Waals surface area contributed by atoms with Crippen LogP contribution in [0.2, 0.25) is 0 Å². The van der Waals surface area contributed by atoms with Gasteiger partial charge in [0, 0.05) is 45.1 Å². The van der Waals surface area contributed by atoms with Crippen LogP contribution in [0.15, 0.2) is 0 Å². The molecule has 0 spiro atoms. The van der Waals surface area contributed by atoms with Crippen LogP contribution in [0.25, 0.3) is 0 Å². The molecule has 3 aliphatic rings. The highest BCUT2D eigenvalue weighted by Crippen LogP contribution is 2.34. The minimum atomic E-state index is -0.167. The topological polar surface area (TPSA) is 74.2 Å². The number of aromatic nitrogens is 3. The van der Waals surface area contributed by atoms with E-state index >= 15 is 0 Å². The van der Waals surface area contributed by atoms with Crippen molar-refractivity contribution in [1.82, 2.24) is 24.6 Å². The summed E-state index contributed by atoms with van der Waals surface area (Å²) in [7, 11) is 1.91. The van der Waals surface area contributed by atoms with Gasteiger partial charge in [-0.3, -0.25) is 14.7 Å². The third-order valence-corrected chi connectivity index (χ3v) is 5.87. The third-order valence-electron chi connectivity index (χ3n) is 5.51. The lowest BCUT2D eigenvalue weighted by atomic mass is 9.95. The van der Waals surface area contributed by atoms with Gasteiger partial charge in [-0.2, -0.15) is 5.10 Å². The lowest BCUT2D eigenvalue weighted by molar-refractivity contribution is -0.137. The summed E-state index contributed by atoms with van der Waals surface area (Å²) in [5, 5.41) is 7.16. The highest BCUT2D eigenvalue weighted by atomic mass is 32.1. The molecule has 2 saturated heterocycles. The first-order chi connectivity index (χ1) is 11.5. The summed E-state index contributed by atoms with van der Waals surface area (Å²) in [6, 6.07) is 0.401. The summed E-state index contributed by atoms with van der Waals surface area (Å²) in [5.74, 6) is 1.24. The lowest BCUT2D eigenvalue weighted by Crippen LogP contribution is -2.43. The summed E-state index contributed by atoms with van der Waals surface area (Å²) >= 11 is 5.19. The number of likely N-dealkylation sites (tertiary alicyclic amines) is 2. The number of piperidine rings is 1. The van der Waals surface area contributed by atoms with Gasteiger partial charge >= 0.3 is 0 Å². The Balaban J connectivity index is 1.44. The molecule has 7 nitrogen and oxygen atoms in total. The van der Waals surface area contributed by atoms with Crippen LogP contribution >= 0.6 is 12.2 Å². The van der Waals surface area contributed by atoms with E-state index in [1.54, 1.807) is 0 Å². The van der Waals surface area contributed by atoms with Crippen LogP contribution in [0.5, 0.6) is 0 Å². The molecule has 1 aromatic rings. The molecular weight excluding hydrogens is 326 g/mol. The number of rotatable bonds is 3. The Kier molecular flexibility index (Phi) is 3.94. The van der Waals surface area contributed by atoms with E-state index in [0.717, 1.165) is 38.1 Å². The van der Waals surface area contributed by atoms with Crippen molar-refractivity contribution in [2.75, 3.05) is 19.6 Å². The first kappa shape index (κ1) is 15.8. The zero-order chi connectivity index (χ0) is 16.8. The fourth-order valence-corrected chi connectivity index (χ4v) is 4.15. The largest absolute Gasteiger partial charge is 0.342 e. The molecule has 2 atom stereocenters. The number of hydrogen-bond acceptors (Lipinski definition) is 4. The molecule has 8 heteroatoms. The van der Waals surface area contributed by atoms with Gasteiger partial charge in [0.1, 0.15) is 5.82 Å². The molecule has 1 saturated carbocycles. The lowest BCUT2D eigenvalue weighted by Gasteiger charge is -2.33. The van der Waals surface area contributed by atoms with Crippen molar-refractivity contribution in [3.8, 4) is 0 Å². The maximum atomic E-state index is 12.9. The van der Waals surface area contributed by atoms with Crippen molar-refractivity contribution < 1.29 is 9.59 Å². The average Bonchev–Trinajstić information content (AvgIpc) is 3.28.